The fraction of sp³-hybridized carbons (Fsp3) is 0.464. The van der Waals surface area contributed by atoms with Crippen LogP contribution in [0.4, 0.5) is 5.69 Å². The molecule has 3 amide bonds. The molecular weight excluding hydrogens is 456 g/mol. The second-order valence-electron chi connectivity index (χ2n) is 10.8. The maximum Gasteiger partial charge on any atom is 0.255 e. The van der Waals surface area contributed by atoms with Crippen LogP contribution in [0.5, 0.6) is 0 Å². The third-order valence-electron chi connectivity index (χ3n) is 8.48. The van der Waals surface area contributed by atoms with E-state index in [4.69, 9.17) is 0 Å². The van der Waals surface area contributed by atoms with Crippen LogP contribution in [0.25, 0.3) is 0 Å². The van der Waals surface area contributed by atoms with Gasteiger partial charge < -0.3 is 14.9 Å². The Balaban J connectivity index is 1.08. The summed E-state index contributed by atoms with van der Waals surface area (Å²) in [6.45, 7) is 5.58. The highest BCUT2D eigenvalue weighted by Crippen LogP contribution is 2.45. The molecule has 4 aliphatic rings. The van der Waals surface area contributed by atoms with Crippen LogP contribution in [0.1, 0.15) is 52.7 Å². The Morgan fingerprint density at radius 3 is 2.39 bits per heavy atom. The smallest absolute Gasteiger partial charge is 0.255 e. The van der Waals surface area contributed by atoms with Crippen molar-refractivity contribution >= 4 is 23.4 Å². The van der Waals surface area contributed by atoms with Crippen LogP contribution in [0.15, 0.2) is 42.5 Å². The van der Waals surface area contributed by atoms with E-state index in [1.165, 1.54) is 5.56 Å². The number of anilines is 1. The number of likely N-dealkylation sites (tertiary alicyclic amines) is 1. The molecule has 0 bridgehead atoms. The molecule has 0 saturated carbocycles. The van der Waals surface area contributed by atoms with Gasteiger partial charge in [0.25, 0.3) is 5.91 Å². The zero-order chi connectivity index (χ0) is 24.9. The number of hydrogen-bond acceptors (Lipinski definition) is 6. The Morgan fingerprint density at radius 1 is 0.972 bits per heavy atom. The minimum absolute atomic E-state index is 0.0801. The van der Waals surface area contributed by atoms with Gasteiger partial charge in [-0.05, 0) is 55.6 Å². The molecule has 4 aliphatic heterocycles. The standard InChI is InChI=1S/C28H32N4O4/c33-16-20-6-4-19(5-7-20)14-30-12-10-28(11-13-30)17-31(18-28)23-3-1-2-21-22(23)15-32(27(21)36)24-8-9-25(34)29-26(24)35/h1-7,24,33H,8-18H2,(H,29,34,35). The monoisotopic (exact) mass is 488 g/mol. The first-order valence-corrected chi connectivity index (χ1v) is 12.9. The number of aliphatic hydroxyl groups is 1. The number of carbonyl (C=O) groups excluding carboxylic acids is 3. The predicted octanol–water partition coefficient (Wildman–Crippen LogP) is 2.04. The van der Waals surface area contributed by atoms with E-state index in [1.807, 2.05) is 24.3 Å². The number of rotatable bonds is 5. The topological polar surface area (TPSA) is 93.2 Å². The lowest BCUT2D eigenvalue weighted by molar-refractivity contribution is -0.136. The summed E-state index contributed by atoms with van der Waals surface area (Å²) in [5.41, 5.74) is 5.34. The number of carbonyl (C=O) groups is 3. The first kappa shape index (κ1) is 23.2. The number of piperidine rings is 2. The molecule has 8 nitrogen and oxygen atoms in total. The van der Waals surface area contributed by atoms with Gasteiger partial charge in [0.1, 0.15) is 6.04 Å². The number of imide groups is 1. The Labute approximate surface area is 210 Å². The van der Waals surface area contributed by atoms with Crippen LogP contribution in [0.2, 0.25) is 0 Å². The van der Waals surface area contributed by atoms with Gasteiger partial charge in [-0.3, -0.25) is 24.6 Å². The van der Waals surface area contributed by atoms with Gasteiger partial charge in [0, 0.05) is 54.8 Å². The Morgan fingerprint density at radius 2 is 1.69 bits per heavy atom. The van der Waals surface area contributed by atoms with Gasteiger partial charge in [0.15, 0.2) is 0 Å². The van der Waals surface area contributed by atoms with E-state index in [-0.39, 0.29) is 30.7 Å². The molecule has 188 valence electrons. The largest absolute Gasteiger partial charge is 0.392 e. The van der Waals surface area contributed by atoms with Gasteiger partial charge in [0.2, 0.25) is 11.8 Å². The van der Waals surface area contributed by atoms with E-state index in [1.54, 1.807) is 4.90 Å². The van der Waals surface area contributed by atoms with Crippen molar-refractivity contribution in [3.63, 3.8) is 0 Å². The summed E-state index contributed by atoms with van der Waals surface area (Å²) in [7, 11) is 0. The normalized spacial score (nSPS) is 23.6. The zero-order valence-electron chi connectivity index (χ0n) is 20.4. The first-order chi connectivity index (χ1) is 17.4. The van der Waals surface area contributed by atoms with Crippen LogP contribution in [-0.2, 0) is 29.3 Å². The van der Waals surface area contributed by atoms with Crippen molar-refractivity contribution in [3.8, 4) is 0 Å². The molecule has 3 fully saturated rings. The van der Waals surface area contributed by atoms with E-state index >= 15 is 0 Å². The van der Waals surface area contributed by atoms with Crippen molar-refractivity contribution in [2.75, 3.05) is 31.1 Å². The second kappa shape index (κ2) is 9.01. The van der Waals surface area contributed by atoms with Crippen LogP contribution >= 0.6 is 0 Å². The molecule has 0 aromatic heterocycles. The number of nitrogens with zero attached hydrogens (tertiary/aromatic N) is 3. The quantitative estimate of drug-likeness (QED) is 0.626. The van der Waals surface area contributed by atoms with Gasteiger partial charge in [-0.1, -0.05) is 30.3 Å². The summed E-state index contributed by atoms with van der Waals surface area (Å²) in [4.78, 5) is 43.6. The highest BCUT2D eigenvalue weighted by molar-refractivity contribution is 6.06. The maximum atomic E-state index is 13.1. The lowest BCUT2D eigenvalue weighted by atomic mass is 9.71. The molecule has 0 radical (unpaired) electrons. The molecule has 0 aliphatic carbocycles. The number of amides is 3. The molecule has 8 heteroatoms. The minimum atomic E-state index is -0.581. The van der Waals surface area contributed by atoms with Gasteiger partial charge in [-0.15, -0.1) is 0 Å². The molecule has 6 rings (SSSR count). The zero-order valence-corrected chi connectivity index (χ0v) is 20.4. The van der Waals surface area contributed by atoms with E-state index in [0.29, 0.717) is 23.9 Å². The number of aliphatic hydroxyl groups excluding tert-OH is 1. The fourth-order valence-electron chi connectivity index (χ4n) is 6.31. The highest BCUT2D eigenvalue weighted by atomic mass is 16.3. The van der Waals surface area contributed by atoms with Crippen molar-refractivity contribution in [1.29, 1.82) is 0 Å². The molecule has 2 aromatic rings. The third-order valence-corrected chi connectivity index (χ3v) is 8.48. The summed E-state index contributed by atoms with van der Waals surface area (Å²) < 4.78 is 0. The summed E-state index contributed by atoms with van der Waals surface area (Å²) in [6.07, 6.45) is 2.97. The van der Waals surface area contributed by atoms with E-state index in [0.717, 1.165) is 62.4 Å². The van der Waals surface area contributed by atoms with Crippen LogP contribution < -0.4 is 10.2 Å². The molecule has 4 heterocycles. The van der Waals surface area contributed by atoms with Crippen molar-refractivity contribution in [2.24, 2.45) is 5.41 Å². The molecule has 2 aromatic carbocycles. The third kappa shape index (κ3) is 4.08. The average Bonchev–Trinajstić information content (AvgIpc) is 3.20. The molecule has 1 atom stereocenters. The molecule has 1 spiro atoms. The SMILES string of the molecule is O=C1CCC(N2Cc3c(cccc3N3CC4(CCN(Cc5ccc(CO)cc5)CC4)C3)C2=O)C(=O)N1. The van der Waals surface area contributed by atoms with Crippen LogP contribution in [0.3, 0.4) is 0 Å². The van der Waals surface area contributed by atoms with Gasteiger partial charge in [0.05, 0.1) is 6.61 Å². The van der Waals surface area contributed by atoms with Crippen molar-refractivity contribution in [1.82, 2.24) is 15.1 Å². The Kier molecular flexibility index (Phi) is 5.80. The van der Waals surface area contributed by atoms with Crippen LogP contribution in [0, 0.1) is 5.41 Å². The fourth-order valence-corrected chi connectivity index (χ4v) is 6.31. The van der Waals surface area contributed by atoms with Crippen molar-refractivity contribution in [2.45, 2.75) is 51.4 Å². The number of hydrogen-bond donors (Lipinski definition) is 2. The highest BCUT2D eigenvalue weighted by Gasteiger charge is 2.47. The first-order valence-electron chi connectivity index (χ1n) is 12.9. The molecule has 1 unspecified atom stereocenters. The summed E-state index contributed by atoms with van der Waals surface area (Å²) in [6, 6.07) is 13.5. The van der Waals surface area contributed by atoms with E-state index in [9.17, 15) is 19.5 Å². The predicted molar refractivity (Wildman–Crippen MR) is 134 cm³/mol. The lowest BCUT2D eigenvalue weighted by Gasteiger charge is -2.55. The molecule has 36 heavy (non-hydrogen) atoms. The molecular formula is C28H32N4O4. The average molecular weight is 489 g/mol. The van der Waals surface area contributed by atoms with Gasteiger partial charge in [-0.25, -0.2) is 0 Å². The molecule has 3 saturated heterocycles. The number of fused-ring (bicyclic) bond motifs is 1. The molecule has 2 N–H and O–H groups in total. The lowest BCUT2D eigenvalue weighted by Crippen LogP contribution is -2.60. The summed E-state index contributed by atoms with van der Waals surface area (Å²) in [5, 5.41) is 11.6. The van der Waals surface area contributed by atoms with E-state index in [2.05, 4.69) is 33.3 Å². The summed E-state index contributed by atoms with van der Waals surface area (Å²) >= 11 is 0. The Hall–Kier alpha value is -3.23. The maximum absolute atomic E-state index is 13.1. The van der Waals surface area contributed by atoms with E-state index < -0.39 is 6.04 Å². The summed E-state index contributed by atoms with van der Waals surface area (Å²) in [5.74, 6) is -0.748. The van der Waals surface area contributed by atoms with Crippen LogP contribution in [-0.4, -0.2) is 64.8 Å². The Bertz CT molecular complexity index is 1190. The van der Waals surface area contributed by atoms with Crippen molar-refractivity contribution < 1.29 is 19.5 Å². The minimum Gasteiger partial charge on any atom is -0.392 e. The van der Waals surface area contributed by atoms with Gasteiger partial charge in [-0.2, -0.15) is 0 Å². The number of nitrogens with one attached hydrogen (secondary N) is 1. The number of benzene rings is 2. The van der Waals surface area contributed by atoms with Crippen molar-refractivity contribution in [3.05, 3.63) is 64.7 Å². The van der Waals surface area contributed by atoms with Gasteiger partial charge >= 0.3 is 0 Å². The second-order valence-corrected chi connectivity index (χ2v) is 10.8.